The van der Waals surface area contributed by atoms with Crippen LogP contribution in [0.15, 0.2) is 0 Å². The average Bonchev–Trinajstić information content (AvgIpc) is 2.47. The molecule has 0 spiro atoms. The van der Waals surface area contributed by atoms with Crippen molar-refractivity contribution in [1.29, 1.82) is 0 Å². The van der Waals surface area contributed by atoms with Crippen LogP contribution in [0.5, 0.6) is 0 Å². The van der Waals surface area contributed by atoms with Gasteiger partial charge in [0.1, 0.15) is 0 Å². The molecule has 4 nitrogen and oxygen atoms in total. The van der Waals surface area contributed by atoms with E-state index in [1.165, 1.54) is 6.42 Å². The van der Waals surface area contributed by atoms with Crippen molar-refractivity contribution >= 4 is 5.91 Å². The number of hydrogen-bond donors (Lipinski definition) is 2. The Morgan fingerprint density at radius 1 is 1.75 bits per heavy atom. The maximum absolute atomic E-state index is 10.8. The van der Waals surface area contributed by atoms with E-state index >= 15 is 0 Å². The first-order chi connectivity index (χ1) is 5.72. The van der Waals surface area contributed by atoms with Crippen molar-refractivity contribution in [2.45, 2.75) is 19.3 Å². The van der Waals surface area contributed by atoms with E-state index in [1.807, 2.05) is 0 Å². The number of carbonyl (C=O) groups is 1. The van der Waals surface area contributed by atoms with Gasteiger partial charge in [-0.1, -0.05) is 0 Å². The maximum Gasteiger partial charge on any atom is 0.233 e. The quantitative estimate of drug-likeness (QED) is 0.348. The summed E-state index contributed by atoms with van der Waals surface area (Å²) in [5.74, 6) is 5.61. The van der Waals surface area contributed by atoms with Gasteiger partial charge in [0, 0.05) is 13.0 Å². The van der Waals surface area contributed by atoms with Crippen LogP contribution >= 0.6 is 0 Å². The fourth-order valence-corrected chi connectivity index (χ4v) is 1.67. The highest BCUT2D eigenvalue weighted by atomic mass is 16.2. The van der Waals surface area contributed by atoms with Crippen molar-refractivity contribution in [3.63, 3.8) is 0 Å². The molecule has 4 heteroatoms. The third-order valence-electron chi connectivity index (χ3n) is 2.43. The minimum Gasteiger partial charge on any atom is -0.306 e. The molecule has 0 aliphatic carbocycles. The molecule has 1 unspecified atom stereocenters. The summed E-state index contributed by atoms with van der Waals surface area (Å²) in [6, 6.07) is 0. The van der Waals surface area contributed by atoms with Crippen molar-refractivity contribution in [3.8, 4) is 0 Å². The first-order valence-electron chi connectivity index (χ1n) is 4.40. The fourth-order valence-electron chi connectivity index (χ4n) is 1.67. The highest BCUT2D eigenvalue weighted by molar-refractivity contribution is 5.75. The summed E-state index contributed by atoms with van der Waals surface area (Å²) in [5, 5.41) is 0. The Labute approximate surface area is 73.1 Å². The summed E-state index contributed by atoms with van der Waals surface area (Å²) in [4.78, 5) is 13.1. The Kier molecular flexibility index (Phi) is 3.49. The van der Waals surface area contributed by atoms with E-state index in [0.717, 1.165) is 19.5 Å². The van der Waals surface area contributed by atoms with Gasteiger partial charge >= 0.3 is 0 Å². The zero-order valence-corrected chi connectivity index (χ0v) is 7.55. The van der Waals surface area contributed by atoms with Crippen LogP contribution in [0, 0.1) is 5.92 Å². The van der Waals surface area contributed by atoms with Crippen molar-refractivity contribution in [2.24, 2.45) is 11.8 Å². The number of nitrogens with one attached hydrogen (secondary N) is 1. The topological polar surface area (TPSA) is 58.4 Å². The highest BCUT2D eigenvalue weighted by Gasteiger charge is 2.19. The molecule has 0 aromatic heterocycles. The highest BCUT2D eigenvalue weighted by Crippen LogP contribution is 2.18. The number of nitrogens with two attached hydrogens (primary N) is 1. The molecule has 1 rings (SSSR count). The lowest BCUT2D eigenvalue weighted by atomic mass is 10.0. The molecule has 12 heavy (non-hydrogen) atoms. The normalized spacial score (nSPS) is 24.3. The zero-order chi connectivity index (χ0) is 8.97. The van der Waals surface area contributed by atoms with Crippen molar-refractivity contribution in [3.05, 3.63) is 0 Å². The van der Waals surface area contributed by atoms with Crippen molar-refractivity contribution in [2.75, 3.05) is 20.1 Å². The largest absolute Gasteiger partial charge is 0.306 e. The minimum atomic E-state index is -0.0513. The molecule has 70 valence electrons. The molecule has 0 aromatic rings. The van der Waals surface area contributed by atoms with Gasteiger partial charge in [-0.3, -0.25) is 10.2 Å². The molecule has 1 heterocycles. The van der Waals surface area contributed by atoms with Gasteiger partial charge in [0.15, 0.2) is 0 Å². The molecule has 1 atom stereocenters. The first-order valence-corrected chi connectivity index (χ1v) is 4.40. The van der Waals surface area contributed by atoms with Crippen molar-refractivity contribution < 1.29 is 4.79 Å². The lowest BCUT2D eigenvalue weighted by Gasteiger charge is -2.08. The van der Waals surface area contributed by atoms with Gasteiger partial charge in [0.2, 0.25) is 5.91 Å². The molecular weight excluding hydrogens is 154 g/mol. The summed E-state index contributed by atoms with van der Waals surface area (Å²) in [5.41, 5.74) is 2.15. The van der Waals surface area contributed by atoms with Crippen LogP contribution < -0.4 is 11.3 Å². The Bertz CT molecular complexity index is 160. The number of nitrogens with zero attached hydrogens (tertiary/aromatic N) is 1. The predicted octanol–water partition coefficient (Wildman–Crippen LogP) is -0.292. The maximum atomic E-state index is 10.8. The molecular formula is C8H17N3O. The SMILES string of the molecule is CN1CCC(CCC(=O)NN)C1. The second-order valence-electron chi connectivity index (χ2n) is 3.52. The summed E-state index contributed by atoms with van der Waals surface area (Å²) in [6.45, 7) is 2.28. The molecule has 1 fully saturated rings. The minimum absolute atomic E-state index is 0.0513. The summed E-state index contributed by atoms with van der Waals surface area (Å²) in [7, 11) is 2.11. The molecule has 0 radical (unpaired) electrons. The fraction of sp³-hybridized carbons (Fsp3) is 0.875. The lowest BCUT2D eigenvalue weighted by Crippen LogP contribution is -2.30. The number of hydrazine groups is 1. The second kappa shape index (κ2) is 4.42. The van der Waals surface area contributed by atoms with Crippen molar-refractivity contribution in [1.82, 2.24) is 10.3 Å². The van der Waals surface area contributed by atoms with Gasteiger partial charge in [-0.25, -0.2) is 5.84 Å². The van der Waals surface area contributed by atoms with E-state index in [1.54, 1.807) is 0 Å². The Morgan fingerprint density at radius 2 is 2.50 bits per heavy atom. The summed E-state index contributed by atoms with van der Waals surface area (Å²) >= 11 is 0. The molecule has 1 amide bonds. The van der Waals surface area contributed by atoms with Crippen LogP contribution in [-0.2, 0) is 4.79 Å². The van der Waals surface area contributed by atoms with Crippen LogP contribution in [0.25, 0.3) is 0 Å². The van der Waals surface area contributed by atoms with Crippen LogP contribution in [0.4, 0.5) is 0 Å². The van der Waals surface area contributed by atoms with Crippen LogP contribution in [-0.4, -0.2) is 30.9 Å². The number of carbonyl (C=O) groups excluding carboxylic acids is 1. The lowest BCUT2D eigenvalue weighted by molar-refractivity contribution is -0.121. The number of likely N-dealkylation sites (tertiary alicyclic amines) is 1. The third kappa shape index (κ3) is 2.79. The second-order valence-corrected chi connectivity index (χ2v) is 3.52. The molecule has 0 aromatic carbocycles. The number of rotatable bonds is 3. The van der Waals surface area contributed by atoms with Gasteiger partial charge < -0.3 is 4.90 Å². The standard InChI is InChI=1S/C8H17N3O/c1-11-5-4-7(6-11)2-3-8(12)10-9/h7H,2-6,9H2,1H3,(H,10,12). The van der Waals surface area contributed by atoms with Gasteiger partial charge in [0.05, 0.1) is 0 Å². The van der Waals surface area contributed by atoms with E-state index in [4.69, 9.17) is 5.84 Å². The smallest absolute Gasteiger partial charge is 0.233 e. The Hall–Kier alpha value is -0.610. The number of hydrogen-bond acceptors (Lipinski definition) is 3. The van der Waals surface area contributed by atoms with Gasteiger partial charge in [-0.15, -0.1) is 0 Å². The number of amides is 1. The zero-order valence-electron chi connectivity index (χ0n) is 7.55. The Morgan fingerprint density at radius 3 is 3.00 bits per heavy atom. The average molecular weight is 171 g/mol. The molecule has 0 saturated carbocycles. The molecule has 3 N–H and O–H groups in total. The third-order valence-corrected chi connectivity index (χ3v) is 2.43. The van der Waals surface area contributed by atoms with Crippen LogP contribution in [0.3, 0.4) is 0 Å². The van der Waals surface area contributed by atoms with E-state index in [9.17, 15) is 4.79 Å². The van der Waals surface area contributed by atoms with E-state index in [-0.39, 0.29) is 5.91 Å². The van der Waals surface area contributed by atoms with E-state index in [2.05, 4.69) is 17.4 Å². The van der Waals surface area contributed by atoms with E-state index in [0.29, 0.717) is 12.3 Å². The van der Waals surface area contributed by atoms with E-state index < -0.39 is 0 Å². The monoisotopic (exact) mass is 171 g/mol. The summed E-state index contributed by atoms with van der Waals surface area (Å²) < 4.78 is 0. The first kappa shape index (κ1) is 9.48. The molecule has 1 saturated heterocycles. The summed E-state index contributed by atoms with van der Waals surface area (Å²) in [6.07, 6.45) is 2.75. The van der Waals surface area contributed by atoms with Crippen LogP contribution in [0.1, 0.15) is 19.3 Å². The van der Waals surface area contributed by atoms with Gasteiger partial charge in [0.25, 0.3) is 0 Å². The molecule has 1 aliphatic heterocycles. The molecule has 0 bridgehead atoms. The van der Waals surface area contributed by atoms with Gasteiger partial charge in [-0.05, 0) is 32.4 Å². The predicted molar refractivity (Wildman–Crippen MR) is 47.2 cm³/mol. The Balaban J connectivity index is 2.11. The molecule has 1 aliphatic rings. The van der Waals surface area contributed by atoms with Gasteiger partial charge in [-0.2, -0.15) is 0 Å². The van der Waals surface area contributed by atoms with Crippen LogP contribution in [0.2, 0.25) is 0 Å².